The van der Waals surface area contributed by atoms with Crippen molar-refractivity contribution in [3.05, 3.63) is 36.0 Å². The number of aromatic nitrogens is 1. The SMILES string of the molecule is CC.CN(C(N)=Nc1ccc(-c2cnc(N)c(S(=O)(=O)NC3CC3)c2)cc1C=O)C1CCOCC1. The summed E-state index contributed by atoms with van der Waals surface area (Å²) in [4.78, 5) is 22.1. The Morgan fingerprint density at radius 2 is 1.86 bits per heavy atom. The Hall–Kier alpha value is -3.02. The van der Waals surface area contributed by atoms with Gasteiger partial charge in [-0.3, -0.25) is 4.79 Å². The fourth-order valence-electron chi connectivity index (χ4n) is 3.70. The van der Waals surface area contributed by atoms with Gasteiger partial charge in [-0.25, -0.2) is 23.1 Å². The zero-order valence-electron chi connectivity index (χ0n) is 20.4. The Labute approximate surface area is 206 Å². The lowest BCUT2D eigenvalue weighted by Crippen LogP contribution is -2.44. The molecule has 1 aromatic carbocycles. The van der Waals surface area contributed by atoms with Gasteiger partial charge in [0.25, 0.3) is 0 Å². The number of pyridine rings is 1. The van der Waals surface area contributed by atoms with Gasteiger partial charge in [-0.1, -0.05) is 19.9 Å². The lowest BCUT2D eigenvalue weighted by Gasteiger charge is -2.31. The topological polar surface area (TPSA) is 153 Å². The lowest BCUT2D eigenvalue weighted by atomic mass is 10.0. The second-order valence-electron chi connectivity index (χ2n) is 8.32. The molecule has 0 spiro atoms. The standard InChI is InChI=1S/C22H28N6O4S.C2H6/c1-28(18-6-8-32-9-7-18)22(24)26-19-5-2-14(10-16(19)13-29)15-11-20(21(23)25-12-15)33(30,31)27-17-3-4-17;1-2/h2,5,10-13,17-18,27H,3-4,6-9H2,1H3,(H2,23,25)(H2,24,26);1-2H3. The van der Waals surface area contributed by atoms with Crippen LogP contribution in [0.5, 0.6) is 0 Å². The lowest BCUT2D eigenvalue weighted by molar-refractivity contribution is 0.0603. The molecule has 0 bridgehead atoms. The molecule has 11 heteroatoms. The Bertz CT molecular complexity index is 1170. The van der Waals surface area contributed by atoms with E-state index in [9.17, 15) is 13.2 Å². The van der Waals surface area contributed by atoms with E-state index < -0.39 is 10.0 Å². The molecule has 1 saturated carbocycles. The number of aldehydes is 1. The number of rotatable bonds is 7. The molecule has 10 nitrogen and oxygen atoms in total. The van der Waals surface area contributed by atoms with Gasteiger partial charge in [0.05, 0.1) is 5.69 Å². The summed E-state index contributed by atoms with van der Waals surface area (Å²) in [5.41, 5.74) is 13.9. The number of ether oxygens (including phenoxy) is 1. The summed E-state index contributed by atoms with van der Waals surface area (Å²) in [6, 6.07) is 6.69. The molecule has 4 rings (SSSR count). The Morgan fingerprint density at radius 1 is 1.17 bits per heavy atom. The van der Waals surface area contributed by atoms with Crippen molar-refractivity contribution >= 4 is 33.8 Å². The fourth-order valence-corrected chi connectivity index (χ4v) is 5.12. The van der Waals surface area contributed by atoms with Gasteiger partial charge in [-0.2, -0.15) is 0 Å². The Kier molecular flexibility index (Phi) is 8.82. The van der Waals surface area contributed by atoms with Crippen LogP contribution in [0.15, 0.2) is 40.4 Å². The quantitative estimate of drug-likeness (QED) is 0.297. The number of nitrogens with zero attached hydrogens (tertiary/aromatic N) is 3. The molecular formula is C24H34N6O4S. The number of hydrogen-bond donors (Lipinski definition) is 3. The predicted molar refractivity (Wildman–Crippen MR) is 137 cm³/mol. The molecule has 2 fully saturated rings. The first-order valence-corrected chi connectivity index (χ1v) is 13.3. The van der Waals surface area contributed by atoms with E-state index >= 15 is 0 Å². The van der Waals surface area contributed by atoms with Crippen molar-refractivity contribution in [3.63, 3.8) is 0 Å². The van der Waals surface area contributed by atoms with Crippen LogP contribution >= 0.6 is 0 Å². The molecule has 0 unspecified atom stereocenters. The average Bonchev–Trinajstić information content (AvgIpc) is 3.69. The van der Waals surface area contributed by atoms with E-state index in [-0.39, 0.29) is 22.8 Å². The van der Waals surface area contributed by atoms with Crippen LogP contribution in [-0.4, -0.2) is 62.9 Å². The molecule has 35 heavy (non-hydrogen) atoms. The van der Waals surface area contributed by atoms with Gasteiger partial charge in [0, 0.05) is 49.7 Å². The number of aliphatic imine (C=N–C) groups is 1. The van der Waals surface area contributed by atoms with Crippen LogP contribution in [0.4, 0.5) is 11.5 Å². The van der Waals surface area contributed by atoms with E-state index in [0.29, 0.717) is 47.8 Å². The number of hydrogen-bond acceptors (Lipinski definition) is 7. The Morgan fingerprint density at radius 3 is 2.49 bits per heavy atom. The number of nitrogen functional groups attached to an aromatic ring is 1. The molecule has 1 aliphatic heterocycles. The largest absolute Gasteiger partial charge is 0.383 e. The third kappa shape index (κ3) is 6.56. The molecule has 0 radical (unpaired) electrons. The van der Waals surface area contributed by atoms with Gasteiger partial charge >= 0.3 is 0 Å². The maximum Gasteiger partial charge on any atom is 0.244 e. The van der Waals surface area contributed by atoms with Gasteiger partial charge in [0.1, 0.15) is 10.7 Å². The molecule has 0 atom stereocenters. The van der Waals surface area contributed by atoms with Crippen LogP contribution < -0.4 is 16.2 Å². The molecule has 2 aromatic rings. The Balaban J connectivity index is 0.00000167. The number of carbonyl (C=O) groups excluding carboxylic acids is 1. The third-order valence-electron chi connectivity index (χ3n) is 5.89. The number of guanidine groups is 1. The number of nitrogens with two attached hydrogens (primary N) is 2. The molecule has 0 amide bonds. The van der Waals surface area contributed by atoms with Gasteiger partial charge in [-0.05, 0) is 49.4 Å². The number of nitrogens with one attached hydrogen (secondary N) is 1. The molecule has 1 aromatic heterocycles. The monoisotopic (exact) mass is 502 g/mol. The van der Waals surface area contributed by atoms with Crippen molar-refractivity contribution in [2.45, 2.75) is 56.5 Å². The summed E-state index contributed by atoms with van der Waals surface area (Å²) >= 11 is 0. The van der Waals surface area contributed by atoms with Crippen molar-refractivity contribution in [3.8, 4) is 11.1 Å². The summed E-state index contributed by atoms with van der Waals surface area (Å²) in [6.45, 7) is 5.36. The number of benzene rings is 1. The van der Waals surface area contributed by atoms with Crippen LogP contribution in [0.3, 0.4) is 0 Å². The number of carbonyl (C=O) groups is 1. The minimum absolute atomic E-state index is 0.0541. The first kappa shape index (κ1) is 26.6. The van der Waals surface area contributed by atoms with Gasteiger partial charge in [0.2, 0.25) is 10.0 Å². The highest BCUT2D eigenvalue weighted by molar-refractivity contribution is 7.89. The normalized spacial score (nSPS) is 16.8. The highest BCUT2D eigenvalue weighted by Gasteiger charge is 2.29. The van der Waals surface area contributed by atoms with Crippen molar-refractivity contribution in [2.24, 2.45) is 10.7 Å². The molecule has 5 N–H and O–H groups in total. The molecule has 2 aliphatic rings. The van der Waals surface area contributed by atoms with E-state index in [2.05, 4.69) is 14.7 Å². The summed E-state index contributed by atoms with van der Waals surface area (Å²) in [7, 11) is -1.90. The third-order valence-corrected chi connectivity index (χ3v) is 7.44. The van der Waals surface area contributed by atoms with Crippen LogP contribution in [0, 0.1) is 0 Å². The summed E-state index contributed by atoms with van der Waals surface area (Å²) in [5, 5.41) is 0. The van der Waals surface area contributed by atoms with Gasteiger partial charge < -0.3 is 21.1 Å². The molecule has 2 heterocycles. The molecule has 1 aliphatic carbocycles. The predicted octanol–water partition coefficient (Wildman–Crippen LogP) is 2.67. The van der Waals surface area contributed by atoms with Crippen LogP contribution in [0.25, 0.3) is 11.1 Å². The summed E-state index contributed by atoms with van der Waals surface area (Å²) in [6.07, 6.45) is 5.51. The van der Waals surface area contributed by atoms with Gasteiger partial charge in [-0.15, -0.1) is 0 Å². The van der Waals surface area contributed by atoms with Crippen molar-refractivity contribution in [1.82, 2.24) is 14.6 Å². The zero-order chi connectivity index (χ0) is 25.6. The highest BCUT2D eigenvalue weighted by Crippen LogP contribution is 2.30. The second kappa shape index (κ2) is 11.6. The molecule has 190 valence electrons. The van der Waals surface area contributed by atoms with Crippen molar-refractivity contribution in [2.75, 3.05) is 26.0 Å². The summed E-state index contributed by atoms with van der Waals surface area (Å²) < 4.78 is 33.3. The van der Waals surface area contributed by atoms with Crippen LogP contribution in [0.2, 0.25) is 0 Å². The number of sulfonamides is 1. The smallest absolute Gasteiger partial charge is 0.244 e. The zero-order valence-corrected chi connectivity index (χ0v) is 21.2. The fraction of sp³-hybridized carbons (Fsp3) is 0.458. The highest BCUT2D eigenvalue weighted by atomic mass is 32.2. The van der Waals surface area contributed by atoms with Crippen molar-refractivity contribution in [1.29, 1.82) is 0 Å². The first-order chi connectivity index (χ1) is 16.8. The average molecular weight is 503 g/mol. The first-order valence-electron chi connectivity index (χ1n) is 11.8. The van der Waals surface area contributed by atoms with Crippen molar-refractivity contribution < 1.29 is 17.9 Å². The number of anilines is 1. The van der Waals surface area contributed by atoms with E-state index in [0.717, 1.165) is 25.7 Å². The molecular weight excluding hydrogens is 468 g/mol. The van der Waals surface area contributed by atoms with E-state index in [4.69, 9.17) is 16.2 Å². The maximum absolute atomic E-state index is 12.6. The van der Waals surface area contributed by atoms with Crippen LogP contribution in [-0.2, 0) is 14.8 Å². The maximum atomic E-state index is 12.6. The van der Waals surface area contributed by atoms with E-state index in [1.54, 1.807) is 18.2 Å². The second-order valence-corrected chi connectivity index (χ2v) is 10.0. The van der Waals surface area contributed by atoms with E-state index in [1.807, 2.05) is 25.8 Å². The molecule has 1 saturated heterocycles. The van der Waals surface area contributed by atoms with Crippen LogP contribution in [0.1, 0.15) is 49.9 Å². The summed E-state index contributed by atoms with van der Waals surface area (Å²) in [5.74, 6) is 0.235. The minimum atomic E-state index is -3.78. The van der Waals surface area contributed by atoms with Gasteiger partial charge in [0.15, 0.2) is 12.2 Å². The van der Waals surface area contributed by atoms with E-state index in [1.165, 1.54) is 12.3 Å². The minimum Gasteiger partial charge on any atom is -0.383 e.